The number of alkyl halides is 3. The molecule has 0 amide bonds. The number of anilines is 4. The Morgan fingerprint density at radius 1 is 1.17 bits per heavy atom. The molecular weight excluding hydrogens is 587 g/mol. The van der Waals surface area contributed by atoms with Gasteiger partial charge in [0, 0.05) is 43.2 Å². The number of hydrogen-bond donors (Lipinski definition) is 3. The molecule has 0 spiro atoms. The summed E-state index contributed by atoms with van der Waals surface area (Å²) < 4.78 is 96.0. The Morgan fingerprint density at radius 3 is 2.33 bits per heavy atom. The zero-order valence-electron chi connectivity index (χ0n) is 22.6. The molecular formula is C25H25F5N8O3S. The Hall–Kier alpha value is -4.12. The van der Waals surface area contributed by atoms with Crippen LogP contribution in [0.2, 0.25) is 0 Å². The van der Waals surface area contributed by atoms with Gasteiger partial charge in [-0.3, -0.25) is 9.78 Å². The lowest BCUT2D eigenvalue weighted by atomic mass is 10.0. The van der Waals surface area contributed by atoms with Gasteiger partial charge in [-0.15, -0.1) is 0 Å². The van der Waals surface area contributed by atoms with Gasteiger partial charge in [-0.05, 0) is 37.8 Å². The first-order chi connectivity index (χ1) is 19.6. The Balaban J connectivity index is 1.75. The summed E-state index contributed by atoms with van der Waals surface area (Å²) in [6, 6.07) is 2.94. The van der Waals surface area contributed by atoms with Gasteiger partial charge in [0.1, 0.15) is 11.5 Å². The second kappa shape index (κ2) is 10.3. The van der Waals surface area contributed by atoms with E-state index < -0.39 is 50.0 Å². The van der Waals surface area contributed by atoms with Crippen molar-refractivity contribution in [2.24, 2.45) is 7.05 Å². The van der Waals surface area contributed by atoms with E-state index in [2.05, 4.69) is 30.6 Å². The largest absolute Gasteiger partial charge is 0.420 e. The number of nitrogens with one attached hydrogen (secondary N) is 2. The molecule has 1 fully saturated rings. The van der Waals surface area contributed by atoms with Crippen LogP contribution in [0, 0.1) is 18.6 Å². The molecule has 3 N–H and O–H groups in total. The number of halogens is 5. The van der Waals surface area contributed by atoms with Crippen LogP contribution in [0.15, 0.2) is 29.3 Å². The summed E-state index contributed by atoms with van der Waals surface area (Å²) in [6.07, 6.45) is -4.71. The van der Waals surface area contributed by atoms with Gasteiger partial charge in [-0.2, -0.15) is 28.4 Å². The van der Waals surface area contributed by atoms with Crippen molar-refractivity contribution >= 4 is 33.1 Å². The average molecular weight is 613 g/mol. The van der Waals surface area contributed by atoms with Crippen molar-refractivity contribution in [3.05, 3.63) is 53.0 Å². The summed E-state index contributed by atoms with van der Waals surface area (Å²) >= 11 is 0. The van der Waals surface area contributed by atoms with Gasteiger partial charge in [0.05, 0.1) is 22.5 Å². The molecule has 0 bridgehead atoms. The smallest absolute Gasteiger partial charge is 0.378 e. The number of benzene rings is 1. The van der Waals surface area contributed by atoms with Crippen LogP contribution in [-0.2, 0) is 16.9 Å². The van der Waals surface area contributed by atoms with Gasteiger partial charge in [-0.25, -0.2) is 22.2 Å². The molecule has 1 saturated carbocycles. The first-order valence-electron chi connectivity index (χ1n) is 12.5. The van der Waals surface area contributed by atoms with E-state index in [1.807, 2.05) is 0 Å². The predicted octanol–water partition coefficient (Wildman–Crippen LogP) is 4.57. The molecule has 1 aromatic carbocycles. The first-order valence-corrected chi connectivity index (χ1v) is 14.4. The van der Waals surface area contributed by atoms with E-state index >= 15 is 8.78 Å². The van der Waals surface area contributed by atoms with Crippen LogP contribution in [0.25, 0.3) is 11.3 Å². The molecule has 1 aliphatic rings. The number of sulfone groups is 1. The summed E-state index contributed by atoms with van der Waals surface area (Å²) in [5.74, 6) is -2.57. The quantitative estimate of drug-likeness (QED) is 0.244. The summed E-state index contributed by atoms with van der Waals surface area (Å²) in [4.78, 5) is 9.24. The zero-order valence-corrected chi connectivity index (χ0v) is 23.4. The highest BCUT2D eigenvalue weighted by atomic mass is 32.2. The lowest BCUT2D eigenvalue weighted by Gasteiger charge is -2.23. The summed E-state index contributed by atoms with van der Waals surface area (Å²) in [5, 5.41) is 24.0. The van der Waals surface area contributed by atoms with Crippen LogP contribution >= 0.6 is 0 Å². The topological polar surface area (TPSA) is 142 Å². The third kappa shape index (κ3) is 5.53. The van der Waals surface area contributed by atoms with Crippen LogP contribution in [-0.4, -0.2) is 62.9 Å². The van der Waals surface area contributed by atoms with Crippen molar-refractivity contribution in [1.29, 1.82) is 0 Å². The molecule has 3 aromatic heterocycles. The van der Waals surface area contributed by atoms with E-state index in [1.54, 1.807) is 13.0 Å². The highest BCUT2D eigenvalue weighted by Crippen LogP contribution is 2.49. The van der Waals surface area contributed by atoms with Crippen LogP contribution < -0.4 is 10.2 Å². The van der Waals surface area contributed by atoms with Gasteiger partial charge in [-0.1, -0.05) is 0 Å². The predicted molar refractivity (Wildman–Crippen MR) is 141 cm³/mol. The second-order valence-corrected chi connectivity index (χ2v) is 12.1. The number of rotatable bonds is 8. The van der Waals surface area contributed by atoms with Gasteiger partial charge < -0.3 is 15.3 Å². The third-order valence-electron chi connectivity index (χ3n) is 6.73. The Bertz CT molecular complexity index is 1760. The lowest BCUT2D eigenvalue weighted by Crippen LogP contribution is -2.24. The maximum atomic E-state index is 15.2. The number of hydrogen-bond acceptors (Lipinski definition) is 9. The van der Waals surface area contributed by atoms with Crippen molar-refractivity contribution in [1.82, 2.24) is 29.9 Å². The molecule has 17 heteroatoms. The van der Waals surface area contributed by atoms with Crippen molar-refractivity contribution in [2.45, 2.75) is 42.9 Å². The normalized spacial score (nSPS) is 14.7. The molecule has 0 saturated heterocycles. The lowest BCUT2D eigenvalue weighted by molar-refractivity contribution is -0.208. The highest BCUT2D eigenvalue weighted by molar-refractivity contribution is 7.90. The minimum absolute atomic E-state index is 0.0379. The van der Waals surface area contributed by atoms with Crippen molar-refractivity contribution in [2.75, 3.05) is 23.5 Å². The average Bonchev–Trinajstić information content (AvgIpc) is 3.53. The van der Waals surface area contributed by atoms with Gasteiger partial charge in [0.25, 0.3) is 0 Å². The molecule has 5 rings (SSSR count). The van der Waals surface area contributed by atoms with Gasteiger partial charge in [0.2, 0.25) is 5.95 Å². The number of nitrogens with zero attached hydrogens (tertiary/aromatic N) is 6. The molecule has 1 aliphatic carbocycles. The maximum absolute atomic E-state index is 15.2. The zero-order chi connectivity index (χ0) is 30.7. The number of H-pyrrole nitrogens is 1. The Morgan fingerprint density at radius 2 is 1.81 bits per heavy atom. The molecule has 1 atom stereocenters. The van der Waals surface area contributed by atoms with Gasteiger partial charge in [0.15, 0.2) is 33.4 Å². The molecule has 4 aromatic rings. The van der Waals surface area contributed by atoms with Crippen molar-refractivity contribution in [3.63, 3.8) is 0 Å². The minimum Gasteiger partial charge on any atom is -0.378 e. The fourth-order valence-electron chi connectivity index (χ4n) is 4.56. The van der Waals surface area contributed by atoms with Crippen molar-refractivity contribution < 1.29 is 35.5 Å². The fourth-order valence-corrected chi connectivity index (χ4v) is 5.19. The summed E-state index contributed by atoms with van der Waals surface area (Å²) in [5.41, 5.74) is -0.385. The molecule has 224 valence electrons. The SMILES string of the molecule is Cc1cc(Nc2nc(N(C)c3c(F)cc(S(C)(=O)=O)cc3F)nc(-c3cnn(C)c3C(O)C(F)(F)F)c2C2CC2)n[nH]1. The van der Waals surface area contributed by atoms with Crippen LogP contribution in [0.4, 0.5) is 45.2 Å². The fraction of sp³-hybridized carbons (Fsp3) is 0.360. The highest BCUT2D eigenvalue weighted by Gasteiger charge is 2.44. The second-order valence-electron chi connectivity index (χ2n) is 10.0. The van der Waals surface area contributed by atoms with E-state index in [-0.39, 0.29) is 28.9 Å². The van der Waals surface area contributed by atoms with E-state index in [0.717, 1.165) is 22.0 Å². The molecule has 11 nitrogen and oxygen atoms in total. The van der Waals surface area contributed by atoms with Gasteiger partial charge >= 0.3 is 6.18 Å². The Kier molecular flexibility index (Phi) is 7.21. The van der Waals surface area contributed by atoms with Crippen LogP contribution in [0.3, 0.4) is 0 Å². The minimum atomic E-state index is -5.03. The number of aliphatic hydroxyl groups excluding tert-OH is 1. The standard InChI is InChI=1S/C25H25F5N8O3S/c1-11-7-17(36-35-11)32-23-18(12-5-6-12)19(14-10-31-38(3)20(14)22(39)25(28,29)30)33-24(34-23)37(2)21-15(26)8-13(9-16(21)27)42(4,40)41/h7-10,12,22,39H,5-6H2,1-4H3,(H2,32,33,34,35,36). The molecule has 3 heterocycles. The van der Waals surface area contributed by atoms with E-state index in [4.69, 9.17) is 0 Å². The maximum Gasteiger partial charge on any atom is 0.420 e. The summed E-state index contributed by atoms with van der Waals surface area (Å²) in [6.45, 7) is 1.75. The van der Waals surface area contributed by atoms with E-state index in [1.165, 1.54) is 14.1 Å². The van der Waals surface area contributed by atoms with Crippen LogP contribution in [0.1, 0.15) is 41.8 Å². The van der Waals surface area contributed by atoms with E-state index in [9.17, 15) is 26.7 Å². The molecule has 0 radical (unpaired) electrons. The van der Waals surface area contributed by atoms with Crippen LogP contribution in [0.5, 0.6) is 0 Å². The molecule has 0 aliphatic heterocycles. The number of aromatic nitrogens is 6. The summed E-state index contributed by atoms with van der Waals surface area (Å²) in [7, 11) is -1.49. The number of aryl methyl sites for hydroxylation is 2. The van der Waals surface area contributed by atoms with Crippen molar-refractivity contribution in [3.8, 4) is 11.3 Å². The first kappa shape index (κ1) is 29.4. The Labute approximate surface area is 236 Å². The molecule has 1 unspecified atom stereocenters. The third-order valence-corrected chi connectivity index (χ3v) is 7.83. The number of aliphatic hydroxyl groups is 1. The number of aromatic amines is 1. The molecule has 42 heavy (non-hydrogen) atoms. The van der Waals surface area contributed by atoms with E-state index in [0.29, 0.717) is 42.0 Å². The monoisotopic (exact) mass is 612 g/mol.